The highest BCUT2D eigenvalue weighted by Gasteiger charge is 2.06. The van der Waals surface area contributed by atoms with E-state index in [0.717, 1.165) is 18.8 Å². The third kappa shape index (κ3) is 4.98. The molecule has 0 aliphatic heterocycles. The van der Waals surface area contributed by atoms with Crippen molar-refractivity contribution >= 4 is 23.0 Å². The second-order valence-electron chi connectivity index (χ2n) is 5.42. The van der Waals surface area contributed by atoms with Crippen LogP contribution in [-0.4, -0.2) is 25.5 Å². The molecule has 0 saturated heterocycles. The molecule has 24 heavy (non-hydrogen) atoms. The number of halogens is 1. The molecule has 2 aromatic carbocycles. The van der Waals surface area contributed by atoms with Gasteiger partial charge in [-0.2, -0.15) is 0 Å². The first-order valence-electron chi connectivity index (χ1n) is 8.27. The number of para-hydroxylation sites is 1. The Kier molecular flexibility index (Phi) is 6.61. The Balaban J connectivity index is 1.79. The molecule has 0 unspecified atom stereocenters. The smallest absolute Gasteiger partial charge is 0.226 e. The lowest BCUT2D eigenvalue weighted by Gasteiger charge is -2.21. The molecule has 0 aromatic heterocycles. The first-order valence-corrected chi connectivity index (χ1v) is 8.27. The molecule has 4 nitrogen and oxygen atoms in total. The number of hydrogen-bond acceptors (Lipinski definition) is 3. The Morgan fingerprint density at radius 2 is 1.71 bits per heavy atom. The quantitative estimate of drug-likeness (QED) is 0.766. The zero-order valence-corrected chi connectivity index (χ0v) is 14.2. The summed E-state index contributed by atoms with van der Waals surface area (Å²) >= 11 is 0. The molecule has 2 N–H and O–H groups in total. The van der Waals surface area contributed by atoms with Gasteiger partial charge in [0.2, 0.25) is 5.91 Å². The molecule has 0 fully saturated rings. The zero-order chi connectivity index (χ0) is 17.4. The van der Waals surface area contributed by atoms with E-state index in [9.17, 15) is 9.18 Å². The molecule has 1 amide bonds. The van der Waals surface area contributed by atoms with Gasteiger partial charge in [-0.15, -0.1) is 0 Å². The molecule has 0 spiro atoms. The number of rotatable bonds is 8. The maximum Gasteiger partial charge on any atom is 0.226 e. The number of hydrogen-bond donors (Lipinski definition) is 2. The normalized spacial score (nSPS) is 10.3. The second kappa shape index (κ2) is 8.91. The van der Waals surface area contributed by atoms with E-state index >= 15 is 0 Å². The maximum atomic E-state index is 13.5. The Bertz CT molecular complexity index is 654. The van der Waals surface area contributed by atoms with Gasteiger partial charge in [-0.25, -0.2) is 4.39 Å². The minimum Gasteiger partial charge on any atom is -0.385 e. The summed E-state index contributed by atoms with van der Waals surface area (Å²) in [4.78, 5) is 14.1. The molecule has 0 heterocycles. The monoisotopic (exact) mass is 329 g/mol. The minimum atomic E-state index is -0.425. The van der Waals surface area contributed by atoms with Crippen LogP contribution in [0.2, 0.25) is 0 Å². The Morgan fingerprint density at radius 1 is 1.04 bits per heavy atom. The lowest BCUT2D eigenvalue weighted by atomic mass is 10.2. The molecular formula is C19H24FN3O. The fraction of sp³-hybridized carbons (Fsp3) is 0.316. The lowest BCUT2D eigenvalue weighted by Crippen LogP contribution is -2.21. The van der Waals surface area contributed by atoms with E-state index in [1.54, 1.807) is 18.2 Å². The second-order valence-corrected chi connectivity index (χ2v) is 5.42. The van der Waals surface area contributed by atoms with Gasteiger partial charge >= 0.3 is 0 Å². The van der Waals surface area contributed by atoms with Crippen LogP contribution < -0.4 is 15.5 Å². The van der Waals surface area contributed by atoms with E-state index in [-0.39, 0.29) is 18.0 Å². The lowest BCUT2D eigenvalue weighted by molar-refractivity contribution is -0.116. The molecule has 0 aliphatic rings. The van der Waals surface area contributed by atoms with Gasteiger partial charge in [-0.1, -0.05) is 12.1 Å². The summed E-state index contributed by atoms with van der Waals surface area (Å²) in [6.45, 7) is 6.69. The van der Waals surface area contributed by atoms with Crippen LogP contribution in [0.3, 0.4) is 0 Å². The number of carbonyl (C=O) groups excluding carboxylic acids is 1. The Labute approximate surface area is 142 Å². The first-order chi connectivity index (χ1) is 11.6. The van der Waals surface area contributed by atoms with E-state index in [1.165, 1.54) is 11.8 Å². The van der Waals surface area contributed by atoms with Gasteiger partial charge in [0, 0.05) is 37.4 Å². The van der Waals surface area contributed by atoms with Crippen molar-refractivity contribution in [1.29, 1.82) is 0 Å². The number of carbonyl (C=O) groups is 1. The number of amides is 1. The summed E-state index contributed by atoms with van der Waals surface area (Å²) in [5, 5.41) is 5.78. The third-order valence-electron chi connectivity index (χ3n) is 3.83. The van der Waals surface area contributed by atoms with Crippen LogP contribution >= 0.6 is 0 Å². The average Bonchev–Trinajstić information content (AvgIpc) is 2.59. The van der Waals surface area contributed by atoms with Crippen molar-refractivity contribution < 1.29 is 9.18 Å². The summed E-state index contributed by atoms with van der Waals surface area (Å²) in [6, 6.07) is 14.3. The fourth-order valence-electron chi connectivity index (χ4n) is 2.47. The Morgan fingerprint density at radius 3 is 2.33 bits per heavy atom. The summed E-state index contributed by atoms with van der Waals surface area (Å²) in [5.74, 6) is -0.641. The molecule has 0 radical (unpaired) electrons. The molecule has 0 atom stereocenters. The number of anilines is 3. The van der Waals surface area contributed by atoms with E-state index in [0.29, 0.717) is 6.54 Å². The summed E-state index contributed by atoms with van der Waals surface area (Å²) in [7, 11) is 0. The minimum absolute atomic E-state index is 0.214. The van der Waals surface area contributed by atoms with Crippen LogP contribution in [0, 0.1) is 5.82 Å². The van der Waals surface area contributed by atoms with Gasteiger partial charge < -0.3 is 15.5 Å². The van der Waals surface area contributed by atoms with Crippen LogP contribution in [0.1, 0.15) is 20.3 Å². The number of benzene rings is 2. The average molecular weight is 329 g/mol. The van der Waals surface area contributed by atoms with Gasteiger partial charge in [0.25, 0.3) is 0 Å². The van der Waals surface area contributed by atoms with E-state index in [4.69, 9.17) is 0 Å². The number of nitrogens with one attached hydrogen (secondary N) is 2. The van der Waals surface area contributed by atoms with Gasteiger partial charge in [-0.05, 0) is 50.2 Å². The molecule has 0 bridgehead atoms. The van der Waals surface area contributed by atoms with Crippen molar-refractivity contribution in [3.8, 4) is 0 Å². The summed E-state index contributed by atoms with van der Waals surface area (Å²) < 4.78 is 13.5. The van der Waals surface area contributed by atoms with Gasteiger partial charge in [0.1, 0.15) is 5.82 Å². The first kappa shape index (κ1) is 17.8. The van der Waals surface area contributed by atoms with Crippen molar-refractivity contribution in [3.63, 3.8) is 0 Å². The van der Waals surface area contributed by atoms with Crippen LogP contribution in [0.15, 0.2) is 48.5 Å². The zero-order valence-electron chi connectivity index (χ0n) is 14.2. The predicted octanol–water partition coefficient (Wildman–Crippen LogP) is 4.11. The number of nitrogens with zero attached hydrogens (tertiary/aromatic N) is 1. The van der Waals surface area contributed by atoms with E-state index < -0.39 is 5.82 Å². The van der Waals surface area contributed by atoms with Crippen LogP contribution in [-0.2, 0) is 4.79 Å². The molecule has 5 heteroatoms. The van der Waals surface area contributed by atoms with Gasteiger partial charge in [0.15, 0.2) is 0 Å². The van der Waals surface area contributed by atoms with Crippen LogP contribution in [0.25, 0.3) is 0 Å². The van der Waals surface area contributed by atoms with Crippen molar-refractivity contribution in [3.05, 3.63) is 54.3 Å². The van der Waals surface area contributed by atoms with Crippen molar-refractivity contribution in [2.45, 2.75) is 20.3 Å². The van der Waals surface area contributed by atoms with E-state index in [1.807, 2.05) is 12.1 Å². The van der Waals surface area contributed by atoms with Gasteiger partial charge in [-0.3, -0.25) is 4.79 Å². The molecule has 2 aromatic rings. The van der Waals surface area contributed by atoms with Crippen molar-refractivity contribution in [1.82, 2.24) is 0 Å². The molecule has 0 saturated carbocycles. The molecule has 128 valence electrons. The standard InChI is InChI=1S/C19H24FN3O/c1-3-23(4-2)16-11-9-15(10-12-16)21-14-13-19(24)22-18-8-6-5-7-17(18)20/h5-12,21H,3-4,13-14H2,1-2H3,(H,22,24). The predicted molar refractivity (Wildman–Crippen MR) is 98.1 cm³/mol. The fourth-order valence-corrected chi connectivity index (χ4v) is 2.47. The third-order valence-corrected chi connectivity index (χ3v) is 3.83. The molecular weight excluding hydrogens is 305 g/mol. The maximum absolute atomic E-state index is 13.5. The highest BCUT2D eigenvalue weighted by Crippen LogP contribution is 2.18. The van der Waals surface area contributed by atoms with Crippen LogP contribution in [0.4, 0.5) is 21.5 Å². The SMILES string of the molecule is CCN(CC)c1ccc(NCCC(=O)Nc2ccccc2F)cc1. The molecule has 2 rings (SSSR count). The molecule has 0 aliphatic carbocycles. The van der Waals surface area contributed by atoms with Gasteiger partial charge in [0.05, 0.1) is 5.69 Å². The summed E-state index contributed by atoms with van der Waals surface area (Å²) in [6.07, 6.45) is 0.270. The van der Waals surface area contributed by atoms with Crippen molar-refractivity contribution in [2.75, 3.05) is 35.2 Å². The van der Waals surface area contributed by atoms with E-state index in [2.05, 4.69) is 41.5 Å². The summed E-state index contributed by atoms with van der Waals surface area (Å²) in [5.41, 5.74) is 2.36. The highest BCUT2D eigenvalue weighted by atomic mass is 19.1. The topological polar surface area (TPSA) is 44.4 Å². The Hall–Kier alpha value is -2.56. The largest absolute Gasteiger partial charge is 0.385 e. The highest BCUT2D eigenvalue weighted by molar-refractivity contribution is 5.91. The van der Waals surface area contributed by atoms with Crippen molar-refractivity contribution in [2.24, 2.45) is 0 Å². The van der Waals surface area contributed by atoms with Crippen LogP contribution in [0.5, 0.6) is 0 Å².